The van der Waals surface area contributed by atoms with Crippen molar-refractivity contribution in [2.24, 2.45) is 10.9 Å². The zero-order valence-corrected chi connectivity index (χ0v) is 6.80. The highest BCUT2D eigenvalue weighted by molar-refractivity contribution is 6.08. The van der Waals surface area contributed by atoms with Crippen molar-refractivity contribution in [1.29, 1.82) is 0 Å². The first-order chi connectivity index (χ1) is 6.20. The molecule has 0 aromatic heterocycles. The lowest BCUT2D eigenvalue weighted by molar-refractivity contribution is -0.180. The van der Waals surface area contributed by atoms with E-state index >= 15 is 0 Å². The minimum Gasteiger partial charge on any atom is -0.293 e. The van der Waals surface area contributed by atoms with E-state index in [0.717, 1.165) is 0 Å². The van der Waals surface area contributed by atoms with Crippen molar-refractivity contribution < 1.29 is 14.8 Å². The number of hydrogen-bond donors (Lipinski definition) is 1. The number of piperidine rings is 1. The smallest absolute Gasteiger partial charge is 0.280 e. The molecule has 13 heavy (non-hydrogen) atoms. The number of rotatable bonds is 0. The van der Waals surface area contributed by atoms with Gasteiger partial charge in [-0.15, -0.1) is 0 Å². The first-order valence-corrected chi connectivity index (χ1v) is 3.96. The summed E-state index contributed by atoms with van der Waals surface area (Å²) < 4.78 is 0. The highest BCUT2D eigenvalue weighted by Crippen LogP contribution is 2.25. The van der Waals surface area contributed by atoms with Gasteiger partial charge < -0.3 is 0 Å². The Bertz CT molecular complexity index is 332. The number of hydrogen-bond acceptors (Lipinski definition) is 4. The molecule has 5 heteroatoms. The molecule has 0 aromatic carbocycles. The van der Waals surface area contributed by atoms with Crippen LogP contribution in [0.1, 0.15) is 6.42 Å². The molecule has 0 saturated carbocycles. The largest absolute Gasteiger partial charge is 0.293 e. The Labute approximate surface area is 74.3 Å². The maximum atomic E-state index is 11.3. The first kappa shape index (κ1) is 8.12. The predicted molar refractivity (Wildman–Crippen MR) is 43.2 cm³/mol. The van der Waals surface area contributed by atoms with Gasteiger partial charge in [-0.1, -0.05) is 0 Å². The number of dihydropyridines is 1. The third-order valence-corrected chi connectivity index (χ3v) is 2.22. The van der Waals surface area contributed by atoms with Crippen LogP contribution in [0.3, 0.4) is 0 Å². The lowest BCUT2D eigenvalue weighted by Crippen LogP contribution is -2.44. The Morgan fingerprint density at radius 3 is 3.08 bits per heavy atom. The van der Waals surface area contributed by atoms with Gasteiger partial charge in [-0.25, -0.2) is 0 Å². The topological polar surface area (TPSA) is 70.0 Å². The lowest BCUT2D eigenvalue weighted by atomic mass is 9.89. The Hall–Kier alpha value is -1.49. The molecule has 1 atom stereocenters. The summed E-state index contributed by atoms with van der Waals surface area (Å²) in [6, 6.07) is 0. The summed E-state index contributed by atoms with van der Waals surface area (Å²) in [6.07, 6.45) is 3.23. The molecule has 2 aliphatic heterocycles. The summed E-state index contributed by atoms with van der Waals surface area (Å²) in [5.41, 5.74) is 0.470. The number of amides is 2. The third kappa shape index (κ3) is 1.17. The molecule has 0 bridgehead atoms. The van der Waals surface area contributed by atoms with Gasteiger partial charge in [0.25, 0.3) is 11.8 Å². The number of fused-ring (bicyclic) bond motifs is 1. The molecule has 2 heterocycles. The van der Waals surface area contributed by atoms with E-state index < -0.39 is 11.8 Å². The molecule has 0 radical (unpaired) electrons. The summed E-state index contributed by atoms with van der Waals surface area (Å²) in [5.74, 6) is -1.31. The second-order valence-electron chi connectivity index (χ2n) is 3.05. The molecule has 0 aromatic rings. The lowest BCUT2D eigenvalue weighted by Gasteiger charge is -2.28. The number of carbonyl (C=O) groups is 2. The average Bonchev–Trinajstić information content (AvgIpc) is 2.15. The Morgan fingerprint density at radius 1 is 1.54 bits per heavy atom. The second kappa shape index (κ2) is 2.77. The number of nitrogens with zero attached hydrogens (tertiary/aromatic N) is 2. The van der Waals surface area contributed by atoms with Crippen LogP contribution in [-0.4, -0.2) is 34.8 Å². The fraction of sp³-hybridized carbons (Fsp3) is 0.375. The van der Waals surface area contributed by atoms with E-state index in [9.17, 15) is 9.59 Å². The van der Waals surface area contributed by atoms with Crippen LogP contribution < -0.4 is 0 Å². The molecule has 1 N–H and O–H groups in total. The van der Waals surface area contributed by atoms with Crippen LogP contribution in [0.2, 0.25) is 0 Å². The zero-order valence-electron chi connectivity index (χ0n) is 6.80. The van der Waals surface area contributed by atoms with E-state index in [1.165, 1.54) is 6.21 Å². The van der Waals surface area contributed by atoms with Gasteiger partial charge in [0, 0.05) is 30.7 Å². The third-order valence-electron chi connectivity index (χ3n) is 2.22. The molecule has 0 spiro atoms. The van der Waals surface area contributed by atoms with Crippen LogP contribution in [0, 0.1) is 5.92 Å². The van der Waals surface area contributed by atoms with Crippen molar-refractivity contribution in [1.82, 2.24) is 5.06 Å². The van der Waals surface area contributed by atoms with Gasteiger partial charge in [0.05, 0.1) is 0 Å². The van der Waals surface area contributed by atoms with Crippen LogP contribution in [0.5, 0.6) is 0 Å². The minimum absolute atomic E-state index is 0.145. The summed E-state index contributed by atoms with van der Waals surface area (Å²) >= 11 is 0. The van der Waals surface area contributed by atoms with Crippen molar-refractivity contribution in [3.63, 3.8) is 0 Å². The Kier molecular flexibility index (Phi) is 1.73. The highest BCUT2D eigenvalue weighted by atomic mass is 16.5. The number of imide groups is 1. The van der Waals surface area contributed by atoms with Gasteiger partial charge in [-0.3, -0.25) is 19.8 Å². The molecular weight excluding hydrogens is 172 g/mol. The fourth-order valence-electron chi connectivity index (χ4n) is 1.51. The molecule has 1 unspecified atom stereocenters. The maximum Gasteiger partial charge on any atom is 0.280 e. The van der Waals surface area contributed by atoms with E-state index in [2.05, 4.69) is 4.99 Å². The van der Waals surface area contributed by atoms with Crippen molar-refractivity contribution in [3.05, 3.63) is 11.6 Å². The van der Waals surface area contributed by atoms with Crippen LogP contribution >= 0.6 is 0 Å². The predicted octanol–water partition coefficient (Wildman–Crippen LogP) is -0.238. The zero-order chi connectivity index (χ0) is 9.42. The van der Waals surface area contributed by atoms with Gasteiger partial charge in [0.1, 0.15) is 0 Å². The number of allylic oxidation sites excluding steroid dienone is 1. The van der Waals surface area contributed by atoms with Crippen LogP contribution in [0.15, 0.2) is 16.6 Å². The first-order valence-electron chi connectivity index (χ1n) is 3.96. The van der Waals surface area contributed by atoms with Crippen molar-refractivity contribution in [2.45, 2.75) is 6.42 Å². The highest BCUT2D eigenvalue weighted by Gasteiger charge is 2.36. The van der Waals surface area contributed by atoms with E-state index in [1.807, 2.05) is 0 Å². The van der Waals surface area contributed by atoms with E-state index in [-0.39, 0.29) is 17.4 Å². The molecule has 2 amide bonds. The van der Waals surface area contributed by atoms with Crippen LogP contribution in [0.4, 0.5) is 0 Å². The van der Waals surface area contributed by atoms with Crippen molar-refractivity contribution in [2.75, 3.05) is 6.54 Å². The Morgan fingerprint density at radius 2 is 2.31 bits per heavy atom. The van der Waals surface area contributed by atoms with E-state index in [1.54, 1.807) is 6.08 Å². The van der Waals surface area contributed by atoms with Gasteiger partial charge in [-0.2, -0.15) is 5.06 Å². The molecular formula is C8H8N2O3. The molecule has 2 rings (SSSR count). The SMILES string of the molecule is O=C1CC2CN=CC=C2C(=O)N1O. The fourth-order valence-corrected chi connectivity index (χ4v) is 1.51. The molecule has 5 nitrogen and oxygen atoms in total. The molecule has 1 fully saturated rings. The summed E-state index contributed by atoms with van der Waals surface area (Å²) in [4.78, 5) is 26.3. The Balaban J connectivity index is 2.34. The number of hydroxylamine groups is 2. The van der Waals surface area contributed by atoms with Gasteiger partial charge in [0.2, 0.25) is 0 Å². The van der Waals surface area contributed by atoms with E-state index in [4.69, 9.17) is 5.21 Å². The summed E-state index contributed by atoms with van der Waals surface area (Å²) in [6.45, 7) is 0.456. The standard InChI is InChI=1S/C8H8N2O3/c11-7-3-5-4-9-2-1-6(5)8(12)10(7)13/h1-2,5,13H,3-4H2. The molecule has 0 aliphatic carbocycles. The summed E-state index contributed by atoms with van der Waals surface area (Å²) in [5, 5.41) is 9.22. The van der Waals surface area contributed by atoms with Crippen molar-refractivity contribution in [3.8, 4) is 0 Å². The molecule has 68 valence electrons. The van der Waals surface area contributed by atoms with E-state index in [0.29, 0.717) is 12.1 Å². The van der Waals surface area contributed by atoms with Crippen LogP contribution in [-0.2, 0) is 9.59 Å². The van der Waals surface area contributed by atoms with Gasteiger partial charge >= 0.3 is 0 Å². The van der Waals surface area contributed by atoms with Crippen LogP contribution in [0.25, 0.3) is 0 Å². The van der Waals surface area contributed by atoms with Gasteiger partial charge in [-0.05, 0) is 6.08 Å². The average molecular weight is 180 g/mol. The normalized spacial score (nSPS) is 27.3. The van der Waals surface area contributed by atoms with Gasteiger partial charge in [0.15, 0.2) is 0 Å². The number of aliphatic imine (C=N–C) groups is 1. The molecule has 1 saturated heterocycles. The van der Waals surface area contributed by atoms with Crippen molar-refractivity contribution >= 4 is 18.0 Å². The minimum atomic E-state index is -0.618. The monoisotopic (exact) mass is 180 g/mol. The summed E-state index contributed by atoms with van der Waals surface area (Å²) in [7, 11) is 0. The second-order valence-corrected chi connectivity index (χ2v) is 3.05. The quantitative estimate of drug-likeness (QED) is 0.413. The number of carbonyl (C=O) groups excluding carboxylic acids is 2. The molecule has 2 aliphatic rings. The maximum absolute atomic E-state index is 11.3.